The van der Waals surface area contributed by atoms with Gasteiger partial charge < -0.3 is 14.6 Å². The van der Waals surface area contributed by atoms with E-state index >= 15 is 0 Å². The van der Waals surface area contributed by atoms with Crippen LogP contribution in [-0.4, -0.2) is 56.6 Å². The quantitative estimate of drug-likeness (QED) is 0.626. The summed E-state index contributed by atoms with van der Waals surface area (Å²) >= 11 is 0. The maximum absolute atomic E-state index is 7.64. The Balaban J connectivity index is 1.69. The van der Waals surface area contributed by atoms with Crippen LogP contribution >= 0.6 is 0 Å². The van der Waals surface area contributed by atoms with Gasteiger partial charge >= 0.3 is 0 Å². The Hall–Kier alpha value is -2.48. The van der Waals surface area contributed by atoms with Crippen LogP contribution < -0.4 is 0 Å². The largest absolute Gasteiger partial charge is 0.381 e. The molecular weight excluding hydrogens is 354 g/mol. The smallest absolute Gasteiger partial charge is 0.158 e. The van der Waals surface area contributed by atoms with Crippen molar-refractivity contribution in [1.29, 1.82) is 5.41 Å². The highest BCUT2D eigenvalue weighted by molar-refractivity contribution is 6.01. The van der Waals surface area contributed by atoms with Gasteiger partial charge in [-0.3, -0.25) is 10.1 Å². The van der Waals surface area contributed by atoms with E-state index in [1.54, 1.807) is 0 Å². The SMILES string of the molecule is CCc1c2c(nn1C)CCN(C(=NC=N)c1nc(C)[nH]c1C1CCOCC1)C2. The van der Waals surface area contributed by atoms with Crippen molar-refractivity contribution < 1.29 is 4.74 Å². The van der Waals surface area contributed by atoms with Crippen molar-refractivity contribution >= 4 is 12.2 Å². The van der Waals surface area contributed by atoms with Crippen LogP contribution in [0.25, 0.3) is 0 Å². The number of H-pyrrole nitrogens is 1. The monoisotopic (exact) mass is 383 g/mol. The lowest BCUT2D eigenvalue weighted by Gasteiger charge is -2.30. The number of ether oxygens (including phenoxy) is 1. The second-order valence-corrected chi connectivity index (χ2v) is 7.57. The van der Waals surface area contributed by atoms with Crippen molar-refractivity contribution in [1.82, 2.24) is 24.6 Å². The Kier molecular flexibility index (Phi) is 5.30. The molecule has 1 fully saturated rings. The third-order valence-electron chi connectivity index (χ3n) is 5.84. The second kappa shape index (κ2) is 7.87. The van der Waals surface area contributed by atoms with Gasteiger partial charge in [-0.15, -0.1) is 0 Å². The Morgan fingerprint density at radius 3 is 2.89 bits per heavy atom. The fourth-order valence-electron chi connectivity index (χ4n) is 4.50. The molecule has 4 rings (SSSR count). The summed E-state index contributed by atoms with van der Waals surface area (Å²) in [5.41, 5.74) is 5.78. The number of imidazole rings is 1. The summed E-state index contributed by atoms with van der Waals surface area (Å²) in [6.07, 6.45) is 4.94. The standard InChI is InChI=1S/C20H29N7O/c1-4-17-15-11-27(8-5-16(15)25-26(17)3)20(22-12-21)19-18(23-13(2)24-19)14-6-9-28-10-7-14/h12,14,21H,4-11H2,1-3H3,(H,23,24). The maximum Gasteiger partial charge on any atom is 0.158 e. The number of rotatable bonds is 4. The summed E-state index contributed by atoms with van der Waals surface area (Å²) in [5, 5.41) is 12.3. The zero-order valence-electron chi connectivity index (χ0n) is 17.0. The van der Waals surface area contributed by atoms with E-state index in [2.05, 4.69) is 21.8 Å². The molecule has 28 heavy (non-hydrogen) atoms. The first kappa shape index (κ1) is 18.9. The van der Waals surface area contributed by atoms with Gasteiger partial charge in [0.05, 0.1) is 5.69 Å². The first-order valence-electron chi connectivity index (χ1n) is 10.1. The number of hydrogen-bond acceptors (Lipinski definition) is 4. The van der Waals surface area contributed by atoms with Gasteiger partial charge in [0.2, 0.25) is 0 Å². The van der Waals surface area contributed by atoms with Crippen molar-refractivity contribution in [2.45, 2.75) is 52.0 Å². The third-order valence-corrected chi connectivity index (χ3v) is 5.84. The summed E-state index contributed by atoms with van der Waals surface area (Å²) in [4.78, 5) is 15.0. The molecule has 2 aromatic rings. The van der Waals surface area contributed by atoms with Crippen LogP contribution in [0, 0.1) is 12.3 Å². The molecule has 0 radical (unpaired) electrons. The topological polar surface area (TPSA) is 95.2 Å². The molecule has 0 aromatic carbocycles. The molecule has 0 unspecified atom stereocenters. The average molecular weight is 384 g/mol. The Labute approximate surface area is 165 Å². The van der Waals surface area contributed by atoms with E-state index in [0.29, 0.717) is 5.92 Å². The molecule has 8 heteroatoms. The van der Waals surface area contributed by atoms with Crippen molar-refractivity contribution in [2.24, 2.45) is 12.0 Å². The average Bonchev–Trinajstić information content (AvgIpc) is 3.25. The number of aryl methyl sites for hydroxylation is 2. The summed E-state index contributed by atoms with van der Waals surface area (Å²) in [5.74, 6) is 2.07. The van der Waals surface area contributed by atoms with Gasteiger partial charge in [-0.1, -0.05) is 6.92 Å². The number of hydrogen-bond donors (Lipinski definition) is 2. The fraction of sp³-hybridized carbons (Fsp3) is 0.600. The van der Waals surface area contributed by atoms with Crippen molar-refractivity contribution in [3.8, 4) is 0 Å². The second-order valence-electron chi connectivity index (χ2n) is 7.57. The van der Waals surface area contributed by atoms with Crippen LogP contribution in [0.3, 0.4) is 0 Å². The molecule has 4 heterocycles. The van der Waals surface area contributed by atoms with E-state index < -0.39 is 0 Å². The van der Waals surface area contributed by atoms with Gasteiger partial charge in [0.25, 0.3) is 0 Å². The lowest BCUT2D eigenvalue weighted by molar-refractivity contribution is 0.0845. The molecule has 150 valence electrons. The van der Waals surface area contributed by atoms with Crippen LogP contribution in [0.5, 0.6) is 0 Å². The highest BCUT2D eigenvalue weighted by Gasteiger charge is 2.30. The highest BCUT2D eigenvalue weighted by Crippen LogP contribution is 2.30. The first-order chi connectivity index (χ1) is 13.6. The molecular formula is C20H29N7O. The summed E-state index contributed by atoms with van der Waals surface area (Å²) < 4.78 is 7.55. The molecule has 2 aromatic heterocycles. The van der Waals surface area contributed by atoms with Crippen LogP contribution in [0.4, 0.5) is 0 Å². The van der Waals surface area contributed by atoms with Crippen molar-refractivity contribution in [3.63, 3.8) is 0 Å². The first-order valence-corrected chi connectivity index (χ1v) is 10.1. The van der Waals surface area contributed by atoms with Crippen molar-refractivity contribution in [3.05, 3.63) is 34.2 Å². The number of nitrogens with one attached hydrogen (secondary N) is 2. The maximum atomic E-state index is 7.64. The van der Waals surface area contributed by atoms with Gasteiger partial charge in [-0.2, -0.15) is 5.10 Å². The van der Waals surface area contributed by atoms with Crippen LogP contribution in [0.2, 0.25) is 0 Å². The number of amidine groups is 1. The number of aromatic nitrogens is 4. The normalized spacial score (nSPS) is 18.4. The van der Waals surface area contributed by atoms with E-state index in [9.17, 15) is 0 Å². The summed E-state index contributed by atoms with van der Waals surface area (Å²) in [7, 11) is 2.02. The molecule has 0 spiro atoms. The number of nitrogens with zero attached hydrogens (tertiary/aromatic N) is 5. The van der Waals surface area contributed by atoms with Gasteiger partial charge in [0.1, 0.15) is 17.9 Å². The van der Waals surface area contributed by atoms with Crippen LogP contribution in [0.1, 0.15) is 59.8 Å². The molecule has 2 aliphatic rings. The minimum Gasteiger partial charge on any atom is -0.381 e. The van der Waals surface area contributed by atoms with E-state index in [-0.39, 0.29) is 0 Å². The Morgan fingerprint density at radius 2 is 2.18 bits per heavy atom. The predicted octanol–water partition coefficient (Wildman–Crippen LogP) is 2.32. The third kappa shape index (κ3) is 3.37. The van der Waals surface area contributed by atoms with E-state index in [4.69, 9.17) is 20.2 Å². The molecule has 1 saturated heterocycles. The summed E-state index contributed by atoms with van der Waals surface area (Å²) in [6, 6.07) is 0. The molecule has 2 N–H and O–H groups in total. The lowest BCUT2D eigenvalue weighted by atomic mass is 9.94. The highest BCUT2D eigenvalue weighted by atomic mass is 16.5. The predicted molar refractivity (Wildman–Crippen MR) is 108 cm³/mol. The molecule has 0 aliphatic carbocycles. The Morgan fingerprint density at radius 1 is 1.39 bits per heavy atom. The molecule has 2 aliphatic heterocycles. The molecule has 0 bridgehead atoms. The molecule has 0 amide bonds. The van der Waals surface area contributed by atoms with Crippen LogP contribution in [0.15, 0.2) is 4.99 Å². The van der Waals surface area contributed by atoms with Crippen molar-refractivity contribution in [2.75, 3.05) is 19.8 Å². The minimum absolute atomic E-state index is 0.394. The van der Waals surface area contributed by atoms with Gasteiger partial charge in [0.15, 0.2) is 5.84 Å². The minimum atomic E-state index is 0.394. The molecule has 0 saturated carbocycles. The lowest BCUT2D eigenvalue weighted by Crippen LogP contribution is -2.37. The number of aromatic amines is 1. The molecule has 0 atom stereocenters. The number of fused-ring (bicyclic) bond motifs is 1. The molecule has 8 nitrogen and oxygen atoms in total. The van der Waals surface area contributed by atoms with Gasteiger partial charge in [0, 0.05) is 62.6 Å². The van der Waals surface area contributed by atoms with Crippen LogP contribution in [-0.2, 0) is 31.2 Å². The van der Waals surface area contributed by atoms with Gasteiger partial charge in [-0.25, -0.2) is 9.98 Å². The number of aliphatic imine (C=N–C) groups is 1. The fourth-order valence-corrected chi connectivity index (χ4v) is 4.50. The van der Waals surface area contributed by atoms with E-state index in [0.717, 1.165) is 81.4 Å². The Bertz CT molecular complexity index is 889. The van der Waals surface area contributed by atoms with E-state index in [1.807, 2.05) is 18.7 Å². The summed E-state index contributed by atoms with van der Waals surface area (Å²) in [6.45, 7) is 7.31. The zero-order valence-corrected chi connectivity index (χ0v) is 17.0. The van der Waals surface area contributed by atoms with E-state index in [1.165, 1.54) is 17.0 Å². The zero-order chi connectivity index (χ0) is 19.7. The van der Waals surface area contributed by atoms with Gasteiger partial charge in [-0.05, 0) is 26.2 Å².